The van der Waals surface area contributed by atoms with Gasteiger partial charge in [-0.2, -0.15) is 0 Å². The van der Waals surface area contributed by atoms with E-state index >= 15 is 0 Å². The molecule has 0 aromatic heterocycles. The van der Waals surface area contributed by atoms with Gasteiger partial charge in [-0.15, -0.1) is 0 Å². The van der Waals surface area contributed by atoms with Crippen LogP contribution in [0.4, 0.5) is 0 Å². The Hall–Kier alpha value is -0.900. The third-order valence-corrected chi connectivity index (χ3v) is 4.03. The van der Waals surface area contributed by atoms with Crippen molar-refractivity contribution >= 4 is 11.7 Å². The van der Waals surface area contributed by atoms with Gasteiger partial charge in [0.1, 0.15) is 0 Å². The molecule has 1 amide bonds. The molecule has 2 aliphatic heterocycles. The Kier molecular flexibility index (Phi) is 4.15. The summed E-state index contributed by atoms with van der Waals surface area (Å²) in [4.78, 5) is 26.8. The lowest BCUT2D eigenvalue weighted by atomic mass is 9.93. The van der Waals surface area contributed by atoms with Crippen molar-refractivity contribution in [1.82, 2.24) is 9.80 Å². The van der Waals surface area contributed by atoms with Gasteiger partial charge in [0.2, 0.25) is 5.91 Å². The lowest BCUT2D eigenvalue weighted by Gasteiger charge is -2.31. The molecule has 2 fully saturated rings. The predicted molar refractivity (Wildman–Crippen MR) is 65.7 cm³/mol. The standard InChI is InChI=1S/C13H22N2O2/c1-2-14-6-3-11(4-7-14)5-8-15-10-12(16)9-13(15)17/h11H,2-10H2,1H3. The maximum atomic E-state index is 11.5. The third kappa shape index (κ3) is 3.28. The fourth-order valence-electron chi connectivity index (χ4n) is 2.77. The van der Waals surface area contributed by atoms with Crippen LogP contribution >= 0.6 is 0 Å². The van der Waals surface area contributed by atoms with E-state index in [9.17, 15) is 9.59 Å². The maximum Gasteiger partial charge on any atom is 0.230 e. The highest BCUT2D eigenvalue weighted by Gasteiger charge is 2.28. The van der Waals surface area contributed by atoms with Crippen molar-refractivity contribution in [2.75, 3.05) is 32.7 Å². The number of hydrogen-bond donors (Lipinski definition) is 0. The molecule has 0 atom stereocenters. The molecule has 0 aliphatic carbocycles. The summed E-state index contributed by atoms with van der Waals surface area (Å²) < 4.78 is 0. The molecule has 0 bridgehead atoms. The van der Waals surface area contributed by atoms with Crippen LogP contribution in [-0.4, -0.2) is 54.2 Å². The predicted octanol–water partition coefficient (Wildman–Crippen LogP) is 0.910. The van der Waals surface area contributed by atoms with Crippen LogP contribution in [0.2, 0.25) is 0 Å². The van der Waals surface area contributed by atoms with Crippen molar-refractivity contribution in [3.05, 3.63) is 0 Å². The minimum atomic E-state index is 0.0287. The Balaban J connectivity index is 1.69. The van der Waals surface area contributed by atoms with Gasteiger partial charge in [0.15, 0.2) is 5.78 Å². The van der Waals surface area contributed by atoms with E-state index in [0.717, 1.165) is 25.4 Å². The van der Waals surface area contributed by atoms with Gasteiger partial charge in [0.25, 0.3) is 0 Å². The Morgan fingerprint density at radius 1 is 1.24 bits per heavy atom. The van der Waals surface area contributed by atoms with Gasteiger partial charge < -0.3 is 9.80 Å². The molecule has 2 heterocycles. The van der Waals surface area contributed by atoms with Crippen LogP contribution in [0.25, 0.3) is 0 Å². The van der Waals surface area contributed by atoms with Crippen molar-refractivity contribution in [2.24, 2.45) is 5.92 Å². The first-order chi connectivity index (χ1) is 8.19. The molecule has 0 spiro atoms. The second-order valence-corrected chi connectivity index (χ2v) is 5.20. The van der Waals surface area contributed by atoms with Crippen LogP contribution < -0.4 is 0 Å². The van der Waals surface area contributed by atoms with Crippen LogP contribution in [0.1, 0.15) is 32.6 Å². The zero-order valence-electron chi connectivity index (χ0n) is 10.7. The number of carbonyl (C=O) groups is 2. The topological polar surface area (TPSA) is 40.6 Å². The molecule has 4 nitrogen and oxygen atoms in total. The lowest BCUT2D eigenvalue weighted by Crippen LogP contribution is -2.35. The highest BCUT2D eigenvalue weighted by molar-refractivity contribution is 6.05. The van der Waals surface area contributed by atoms with Gasteiger partial charge in [-0.3, -0.25) is 9.59 Å². The first kappa shape index (κ1) is 12.6. The minimum absolute atomic E-state index is 0.0287. The van der Waals surface area contributed by atoms with Gasteiger partial charge in [-0.05, 0) is 44.8 Å². The quantitative estimate of drug-likeness (QED) is 0.684. The van der Waals surface area contributed by atoms with Gasteiger partial charge >= 0.3 is 0 Å². The average Bonchev–Trinajstić information content (AvgIpc) is 2.66. The number of Topliss-reactive ketones (excluding diaryl/α,β-unsaturated/α-hetero) is 1. The number of nitrogens with zero attached hydrogens (tertiary/aromatic N) is 2. The van der Waals surface area contributed by atoms with Crippen molar-refractivity contribution in [2.45, 2.75) is 32.6 Å². The normalized spacial score (nSPS) is 23.7. The second-order valence-electron chi connectivity index (χ2n) is 5.20. The zero-order chi connectivity index (χ0) is 12.3. The van der Waals surface area contributed by atoms with E-state index in [2.05, 4.69) is 11.8 Å². The van der Waals surface area contributed by atoms with E-state index in [-0.39, 0.29) is 18.1 Å². The summed E-state index contributed by atoms with van der Waals surface area (Å²) in [5, 5.41) is 0. The van der Waals surface area contributed by atoms with Gasteiger partial charge in [-0.1, -0.05) is 6.92 Å². The van der Waals surface area contributed by atoms with Crippen molar-refractivity contribution in [3.63, 3.8) is 0 Å². The number of amides is 1. The summed E-state index contributed by atoms with van der Waals surface area (Å²) in [5.41, 5.74) is 0. The molecular formula is C13H22N2O2. The van der Waals surface area contributed by atoms with Gasteiger partial charge in [-0.25, -0.2) is 0 Å². The number of rotatable bonds is 4. The number of hydrogen-bond acceptors (Lipinski definition) is 3. The largest absolute Gasteiger partial charge is 0.335 e. The monoisotopic (exact) mass is 238 g/mol. The summed E-state index contributed by atoms with van der Waals surface area (Å²) in [6.07, 6.45) is 3.68. The number of likely N-dealkylation sites (tertiary alicyclic amines) is 2. The molecule has 4 heteroatoms. The van der Waals surface area contributed by atoms with E-state index in [4.69, 9.17) is 0 Å². The summed E-state index contributed by atoms with van der Waals surface area (Å²) in [7, 11) is 0. The molecule has 2 saturated heterocycles. The number of ketones is 1. The highest BCUT2D eigenvalue weighted by Crippen LogP contribution is 2.21. The molecule has 96 valence electrons. The van der Waals surface area contributed by atoms with Crippen LogP contribution in [0.3, 0.4) is 0 Å². The van der Waals surface area contributed by atoms with Crippen LogP contribution in [0.15, 0.2) is 0 Å². The van der Waals surface area contributed by atoms with E-state index < -0.39 is 0 Å². The summed E-state index contributed by atoms with van der Waals surface area (Å²) >= 11 is 0. The van der Waals surface area contributed by atoms with E-state index in [1.165, 1.54) is 25.9 Å². The van der Waals surface area contributed by atoms with Crippen molar-refractivity contribution in [3.8, 4) is 0 Å². The number of carbonyl (C=O) groups excluding carboxylic acids is 2. The molecule has 0 unspecified atom stereocenters. The lowest BCUT2D eigenvalue weighted by molar-refractivity contribution is -0.128. The SMILES string of the molecule is CCN1CCC(CCN2CC(=O)CC2=O)CC1. The first-order valence-corrected chi connectivity index (χ1v) is 6.71. The van der Waals surface area contributed by atoms with Crippen molar-refractivity contribution in [1.29, 1.82) is 0 Å². The van der Waals surface area contributed by atoms with Crippen molar-refractivity contribution < 1.29 is 9.59 Å². The van der Waals surface area contributed by atoms with E-state index in [0.29, 0.717) is 6.54 Å². The molecule has 0 N–H and O–H groups in total. The Labute approximate surface area is 103 Å². The molecule has 0 aromatic carbocycles. The highest BCUT2D eigenvalue weighted by atomic mass is 16.2. The smallest absolute Gasteiger partial charge is 0.230 e. The Morgan fingerprint density at radius 2 is 1.94 bits per heavy atom. The molecule has 2 rings (SSSR count). The number of piperidine rings is 1. The van der Waals surface area contributed by atoms with E-state index in [1.807, 2.05) is 0 Å². The van der Waals surface area contributed by atoms with Crippen LogP contribution in [0.5, 0.6) is 0 Å². The average molecular weight is 238 g/mol. The van der Waals surface area contributed by atoms with Gasteiger partial charge in [0.05, 0.1) is 13.0 Å². The zero-order valence-corrected chi connectivity index (χ0v) is 10.7. The summed E-state index contributed by atoms with van der Waals surface area (Å²) in [6, 6.07) is 0. The molecule has 2 aliphatic rings. The van der Waals surface area contributed by atoms with Gasteiger partial charge in [0, 0.05) is 6.54 Å². The van der Waals surface area contributed by atoms with Crippen LogP contribution in [-0.2, 0) is 9.59 Å². The molecule has 17 heavy (non-hydrogen) atoms. The second kappa shape index (κ2) is 5.63. The molecule has 0 aromatic rings. The van der Waals surface area contributed by atoms with Crippen LogP contribution in [0, 0.1) is 5.92 Å². The minimum Gasteiger partial charge on any atom is -0.335 e. The fourth-order valence-corrected chi connectivity index (χ4v) is 2.77. The first-order valence-electron chi connectivity index (χ1n) is 6.71. The van der Waals surface area contributed by atoms with E-state index in [1.54, 1.807) is 4.90 Å². The Bertz CT molecular complexity index is 296. The molecular weight excluding hydrogens is 216 g/mol. The molecule has 0 saturated carbocycles. The fraction of sp³-hybridized carbons (Fsp3) is 0.846. The maximum absolute atomic E-state index is 11.5. The summed E-state index contributed by atoms with van der Waals surface area (Å²) in [5.74, 6) is 0.845. The molecule has 0 radical (unpaired) electrons. The Morgan fingerprint density at radius 3 is 2.47 bits per heavy atom. The third-order valence-electron chi connectivity index (χ3n) is 4.03. The summed E-state index contributed by atoms with van der Waals surface area (Å²) in [6.45, 7) is 6.86.